The third-order valence-corrected chi connectivity index (χ3v) is 6.32. The number of ether oxygens (including phenoxy) is 2. The lowest BCUT2D eigenvalue weighted by Gasteiger charge is -2.27. The van der Waals surface area contributed by atoms with Gasteiger partial charge in [-0.25, -0.2) is 9.78 Å². The number of anilines is 3. The molecule has 1 aliphatic rings. The van der Waals surface area contributed by atoms with Crippen LogP contribution in [0.3, 0.4) is 0 Å². The van der Waals surface area contributed by atoms with Gasteiger partial charge in [-0.2, -0.15) is 4.98 Å². The highest BCUT2D eigenvalue weighted by atomic mass is 32.1. The highest BCUT2D eigenvalue weighted by Crippen LogP contribution is 2.32. The monoisotopic (exact) mass is 496 g/mol. The second-order valence-electron chi connectivity index (χ2n) is 8.22. The van der Waals surface area contributed by atoms with Crippen LogP contribution in [0.5, 0.6) is 11.6 Å². The molecule has 184 valence electrons. The molecule has 3 N–H and O–H groups in total. The van der Waals surface area contributed by atoms with Gasteiger partial charge in [0.2, 0.25) is 5.88 Å². The van der Waals surface area contributed by atoms with E-state index < -0.39 is 6.03 Å². The fourth-order valence-electron chi connectivity index (χ4n) is 3.68. The van der Waals surface area contributed by atoms with E-state index in [4.69, 9.17) is 9.47 Å². The summed E-state index contributed by atoms with van der Waals surface area (Å²) in [4.78, 5) is 37.4. The van der Waals surface area contributed by atoms with E-state index in [1.165, 1.54) is 11.3 Å². The second kappa shape index (κ2) is 10.6. The van der Waals surface area contributed by atoms with E-state index in [0.29, 0.717) is 41.0 Å². The Hall–Kier alpha value is -3.86. The first-order chi connectivity index (χ1) is 16.9. The number of rotatable bonds is 7. The van der Waals surface area contributed by atoms with Crippen LogP contribution in [0.1, 0.15) is 34.8 Å². The summed E-state index contributed by atoms with van der Waals surface area (Å²) >= 11 is 1.42. The molecule has 10 nitrogen and oxygen atoms in total. The summed E-state index contributed by atoms with van der Waals surface area (Å²) in [6.45, 7) is 5.10. The van der Waals surface area contributed by atoms with Gasteiger partial charge in [-0.05, 0) is 26.0 Å². The summed E-state index contributed by atoms with van der Waals surface area (Å²) in [5.41, 5.74) is 1.77. The molecule has 0 aliphatic carbocycles. The Labute approximate surface area is 207 Å². The number of amides is 3. The minimum atomic E-state index is -0.461. The highest BCUT2D eigenvalue weighted by Gasteiger charge is 2.23. The van der Waals surface area contributed by atoms with E-state index >= 15 is 0 Å². The maximum Gasteiger partial charge on any atom is 0.325 e. The van der Waals surface area contributed by atoms with Gasteiger partial charge in [-0.1, -0.05) is 23.5 Å². The van der Waals surface area contributed by atoms with Crippen LogP contribution >= 0.6 is 11.3 Å². The summed E-state index contributed by atoms with van der Waals surface area (Å²) in [5.74, 6) is 1.66. The van der Waals surface area contributed by atoms with E-state index in [2.05, 4.69) is 30.8 Å². The molecule has 1 aliphatic heterocycles. The normalized spacial score (nSPS) is 12.7. The van der Waals surface area contributed by atoms with Crippen LogP contribution < -0.4 is 30.3 Å². The van der Waals surface area contributed by atoms with Crippen LogP contribution in [0.4, 0.5) is 21.4 Å². The van der Waals surface area contributed by atoms with E-state index in [-0.39, 0.29) is 11.9 Å². The molecule has 0 saturated heterocycles. The van der Waals surface area contributed by atoms with Crippen molar-refractivity contribution in [3.05, 3.63) is 52.5 Å². The summed E-state index contributed by atoms with van der Waals surface area (Å²) in [6.07, 6.45) is 0.717. The number of thiazole rings is 1. The Bertz CT molecular complexity index is 1210. The molecule has 4 rings (SSSR count). The molecule has 0 bridgehead atoms. The number of urea groups is 1. The maximum absolute atomic E-state index is 12.7. The van der Waals surface area contributed by atoms with Crippen LogP contribution in [0.15, 0.2) is 36.4 Å². The molecule has 35 heavy (non-hydrogen) atoms. The van der Waals surface area contributed by atoms with Gasteiger partial charge in [0.1, 0.15) is 11.6 Å². The maximum atomic E-state index is 12.7. The predicted octanol–water partition coefficient (Wildman–Crippen LogP) is 3.90. The van der Waals surface area contributed by atoms with Gasteiger partial charge in [0.25, 0.3) is 5.91 Å². The first-order valence-corrected chi connectivity index (χ1v) is 12.0. The zero-order valence-corrected chi connectivity index (χ0v) is 20.9. The van der Waals surface area contributed by atoms with Gasteiger partial charge in [-0.15, -0.1) is 0 Å². The fraction of sp³-hybridized carbons (Fsp3) is 0.333. The minimum absolute atomic E-state index is 0.0150. The average molecular weight is 497 g/mol. The van der Waals surface area contributed by atoms with Gasteiger partial charge < -0.3 is 25.0 Å². The number of benzene rings is 1. The van der Waals surface area contributed by atoms with Gasteiger partial charge in [0.15, 0.2) is 5.13 Å². The zero-order chi connectivity index (χ0) is 24.9. The van der Waals surface area contributed by atoms with Crippen LogP contribution in [0.25, 0.3) is 0 Å². The molecule has 11 heteroatoms. The smallest absolute Gasteiger partial charge is 0.325 e. The lowest BCUT2D eigenvalue weighted by molar-refractivity contribution is 0.0944. The van der Waals surface area contributed by atoms with Gasteiger partial charge in [0.05, 0.1) is 37.7 Å². The number of nitrogens with one attached hydrogen (secondary N) is 3. The van der Waals surface area contributed by atoms with Crippen LogP contribution in [0, 0.1) is 0 Å². The van der Waals surface area contributed by atoms with Crippen molar-refractivity contribution in [1.29, 1.82) is 0 Å². The summed E-state index contributed by atoms with van der Waals surface area (Å²) in [6, 6.07) is 10.0. The first-order valence-electron chi connectivity index (χ1n) is 11.2. The number of para-hydroxylation sites is 1. The largest absolute Gasteiger partial charge is 0.496 e. The molecule has 0 fully saturated rings. The van der Waals surface area contributed by atoms with E-state index in [1.807, 2.05) is 19.9 Å². The summed E-state index contributed by atoms with van der Waals surface area (Å²) in [7, 11) is 3.18. The topological polar surface area (TPSA) is 118 Å². The molecule has 3 amide bonds. The Kier molecular flexibility index (Phi) is 7.35. The number of methoxy groups -OCH3 is 2. The molecular formula is C24H28N6O4S. The average Bonchev–Trinajstić information content (AvgIpc) is 3.24. The summed E-state index contributed by atoms with van der Waals surface area (Å²) < 4.78 is 10.6. The lowest BCUT2D eigenvalue weighted by atomic mass is 10.1. The molecule has 3 aromatic rings. The van der Waals surface area contributed by atoms with Gasteiger partial charge in [0, 0.05) is 36.0 Å². The van der Waals surface area contributed by atoms with Crippen molar-refractivity contribution in [1.82, 2.24) is 15.3 Å². The van der Waals surface area contributed by atoms with Gasteiger partial charge in [-0.3, -0.25) is 10.1 Å². The molecule has 2 aromatic heterocycles. The Morgan fingerprint density at radius 3 is 2.63 bits per heavy atom. The minimum Gasteiger partial charge on any atom is -0.496 e. The number of hydrogen-bond donors (Lipinski definition) is 3. The molecule has 0 radical (unpaired) electrons. The molecule has 0 atom stereocenters. The Morgan fingerprint density at radius 1 is 1.09 bits per heavy atom. The molecule has 1 aromatic carbocycles. The number of hydrogen-bond acceptors (Lipinski definition) is 8. The van der Waals surface area contributed by atoms with Crippen LogP contribution in [0.2, 0.25) is 0 Å². The molecular weight excluding hydrogens is 468 g/mol. The molecule has 0 saturated carbocycles. The molecule has 3 heterocycles. The number of aromatic nitrogens is 2. The van der Waals surface area contributed by atoms with Crippen molar-refractivity contribution >= 4 is 39.9 Å². The SMILES string of the molecule is COc1cc(OC)nc(N2CCc3nc(NC(=O)Nc4ccccc4C(=O)NC(C)C)sc3C2)c1. The van der Waals surface area contributed by atoms with E-state index in [9.17, 15) is 9.59 Å². The Morgan fingerprint density at radius 2 is 1.89 bits per heavy atom. The first kappa shape index (κ1) is 24.3. The van der Waals surface area contributed by atoms with Crippen LogP contribution in [-0.2, 0) is 13.0 Å². The number of fused-ring (bicyclic) bond motifs is 1. The molecule has 0 unspecified atom stereocenters. The third-order valence-electron chi connectivity index (χ3n) is 5.32. The van der Waals surface area contributed by atoms with Crippen molar-refractivity contribution < 1.29 is 19.1 Å². The van der Waals surface area contributed by atoms with Crippen molar-refractivity contribution in [3.8, 4) is 11.6 Å². The third kappa shape index (κ3) is 5.80. The Balaban J connectivity index is 1.44. The fourth-order valence-corrected chi connectivity index (χ4v) is 4.70. The second-order valence-corrected chi connectivity index (χ2v) is 9.30. The number of pyridine rings is 1. The number of nitrogens with zero attached hydrogens (tertiary/aromatic N) is 3. The van der Waals surface area contributed by atoms with Crippen molar-refractivity contribution in [3.63, 3.8) is 0 Å². The zero-order valence-electron chi connectivity index (χ0n) is 20.0. The van der Waals surface area contributed by atoms with Crippen molar-refractivity contribution in [2.24, 2.45) is 0 Å². The molecule has 0 spiro atoms. The van der Waals surface area contributed by atoms with Gasteiger partial charge >= 0.3 is 6.03 Å². The van der Waals surface area contributed by atoms with Crippen LogP contribution in [-0.4, -0.2) is 48.7 Å². The highest BCUT2D eigenvalue weighted by molar-refractivity contribution is 7.15. The number of carbonyl (C=O) groups excluding carboxylic acids is 2. The lowest BCUT2D eigenvalue weighted by Crippen LogP contribution is -2.31. The standard InChI is InChI=1S/C24H28N6O4S/c1-14(2)25-22(31)16-7-5-6-8-17(16)26-23(32)29-24-27-18-9-10-30(13-19(18)35-24)20-11-15(33-3)12-21(28-20)34-4/h5-8,11-12,14H,9-10,13H2,1-4H3,(H,25,31)(H2,26,27,29,32). The quantitative estimate of drug-likeness (QED) is 0.454. The van der Waals surface area contributed by atoms with Crippen molar-refractivity contribution in [2.75, 3.05) is 36.3 Å². The number of carbonyl (C=O) groups is 2. The van der Waals surface area contributed by atoms with Crippen molar-refractivity contribution in [2.45, 2.75) is 32.9 Å². The summed E-state index contributed by atoms with van der Waals surface area (Å²) in [5, 5.41) is 8.89. The predicted molar refractivity (Wildman–Crippen MR) is 136 cm³/mol. The van der Waals surface area contributed by atoms with E-state index in [0.717, 1.165) is 22.9 Å². The van der Waals surface area contributed by atoms with E-state index in [1.54, 1.807) is 44.6 Å².